The summed E-state index contributed by atoms with van der Waals surface area (Å²) in [6.07, 6.45) is -1.91. The maximum atomic E-state index is 12.7. The third-order valence-electron chi connectivity index (χ3n) is 6.79. The molecule has 10 heteroatoms. The molecule has 0 aliphatic carbocycles. The van der Waals surface area contributed by atoms with Crippen molar-refractivity contribution in [3.05, 3.63) is 53.6 Å². The van der Waals surface area contributed by atoms with Gasteiger partial charge in [0.2, 0.25) is 0 Å². The molecular formula is C26H30F3N3O3S. The first kappa shape index (κ1) is 26.1. The van der Waals surface area contributed by atoms with Crippen molar-refractivity contribution >= 4 is 28.9 Å². The number of thiocarbonyl (C=S) groups is 1. The third-order valence-corrected chi connectivity index (χ3v) is 7.16. The Morgan fingerprint density at radius 1 is 0.972 bits per heavy atom. The molecule has 36 heavy (non-hydrogen) atoms. The van der Waals surface area contributed by atoms with Gasteiger partial charge in [-0.1, -0.05) is 6.07 Å². The van der Waals surface area contributed by atoms with E-state index in [0.29, 0.717) is 18.8 Å². The van der Waals surface area contributed by atoms with Gasteiger partial charge in [0.25, 0.3) is 5.91 Å². The molecule has 2 aromatic rings. The number of halogens is 3. The lowest BCUT2D eigenvalue weighted by Crippen LogP contribution is -2.46. The predicted octanol–water partition coefficient (Wildman–Crippen LogP) is 5.29. The van der Waals surface area contributed by atoms with Gasteiger partial charge < -0.3 is 24.6 Å². The summed E-state index contributed by atoms with van der Waals surface area (Å²) in [6.45, 7) is 6.99. The number of nitrogens with zero attached hydrogens (tertiary/aromatic N) is 2. The lowest BCUT2D eigenvalue weighted by molar-refractivity contribution is -0.274. The number of amides is 1. The van der Waals surface area contributed by atoms with Crippen LogP contribution in [-0.2, 0) is 4.79 Å². The van der Waals surface area contributed by atoms with Crippen molar-refractivity contribution in [1.29, 1.82) is 0 Å². The highest BCUT2D eigenvalue weighted by Gasteiger charge is 2.42. The SMILES string of the molecule is Cc1cc(C)cc(NC(=S)N2CCC3(CCN(C(=O)COc4ccc(OC(F)(F)F)cc4)C3)CC2)c1. The van der Waals surface area contributed by atoms with Crippen molar-refractivity contribution in [2.24, 2.45) is 5.41 Å². The number of piperidine rings is 1. The molecule has 6 nitrogen and oxygen atoms in total. The molecule has 4 rings (SSSR count). The van der Waals surface area contributed by atoms with Crippen LogP contribution in [0.5, 0.6) is 11.5 Å². The largest absolute Gasteiger partial charge is 0.573 e. The number of carbonyl (C=O) groups excluding carboxylic acids is 1. The van der Waals surface area contributed by atoms with Crippen LogP contribution in [0, 0.1) is 19.3 Å². The summed E-state index contributed by atoms with van der Waals surface area (Å²) in [4.78, 5) is 16.7. The molecule has 1 amide bonds. The summed E-state index contributed by atoms with van der Waals surface area (Å²) in [7, 11) is 0. The predicted molar refractivity (Wildman–Crippen MR) is 135 cm³/mol. The Kier molecular flexibility index (Phi) is 7.63. The van der Waals surface area contributed by atoms with E-state index in [-0.39, 0.29) is 23.7 Å². The van der Waals surface area contributed by atoms with Gasteiger partial charge in [-0.15, -0.1) is 13.2 Å². The van der Waals surface area contributed by atoms with Gasteiger partial charge in [-0.2, -0.15) is 0 Å². The zero-order chi connectivity index (χ0) is 25.9. The average Bonchev–Trinajstić information content (AvgIpc) is 3.20. The molecule has 2 fully saturated rings. The normalized spacial score (nSPS) is 17.2. The van der Waals surface area contributed by atoms with Crippen molar-refractivity contribution in [1.82, 2.24) is 9.80 Å². The van der Waals surface area contributed by atoms with E-state index >= 15 is 0 Å². The first-order valence-electron chi connectivity index (χ1n) is 11.9. The van der Waals surface area contributed by atoms with Gasteiger partial charge in [-0.3, -0.25) is 4.79 Å². The summed E-state index contributed by atoms with van der Waals surface area (Å²) in [5.41, 5.74) is 3.45. The Balaban J connectivity index is 1.23. The number of carbonyl (C=O) groups is 1. The van der Waals surface area contributed by atoms with E-state index < -0.39 is 6.36 Å². The summed E-state index contributed by atoms with van der Waals surface area (Å²) in [6, 6.07) is 11.3. The number of hydrogen-bond donors (Lipinski definition) is 1. The van der Waals surface area contributed by atoms with E-state index in [1.807, 2.05) is 4.90 Å². The molecule has 2 aliphatic heterocycles. The van der Waals surface area contributed by atoms with Crippen molar-refractivity contribution < 1.29 is 27.4 Å². The minimum Gasteiger partial charge on any atom is -0.484 e. The molecule has 1 spiro atoms. The van der Waals surface area contributed by atoms with Crippen LogP contribution in [0.1, 0.15) is 30.4 Å². The summed E-state index contributed by atoms with van der Waals surface area (Å²) < 4.78 is 46.2. The van der Waals surface area contributed by atoms with Crippen molar-refractivity contribution in [2.45, 2.75) is 39.5 Å². The van der Waals surface area contributed by atoms with Gasteiger partial charge in [0.05, 0.1) is 0 Å². The summed E-state index contributed by atoms with van der Waals surface area (Å²) in [5.74, 6) is -0.153. The zero-order valence-electron chi connectivity index (χ0n) is 20.4. The molecule has 0 saturated carbocycles. The fraction of sp³-hybridized carbons (Fsp3) is 0.462. The molecule has 2 aliphatic rings. The Morgan fingerprint density at radius 2 is 1.53 bits per heavy atom. The van der Waals surface area contributed by atoms with Crippen LogP contribution in [0.25, 0.3) is 0 Å². The molecule has 2 saturated heterocycles. The van der Waals surface area contributed by atoms with Crippen LogP contribution in [0.15, 0.2) is 42.5 Å². The zero-order valence-corrected chi connectivity index (χ0v) is 21.2. The van der Waals surface area contributed by atoms with Crippen LogP contribution in [0.4, 0.5) is 18.9 Å². The van der Waals surface area contributed by atoms with Gasteiger partial charge in [-0.05, 0) is 98.3 Å². The molecular weight excluding hydrogens is 491 g/mol. The highest BCUT2D eigenvalue weighted by molar-refractivity contribution is 7.80. The van der Waals surface area contributed by atoms with E-state index in [2.05, 4.69) is 47.0 Å². The Bertz CT molecular complexity index is 1080. The average molecular weight is 522 g/mol. The highest BCUT2D eigenvalue weighted by Crippen LogP contribution is 2.40. The molecule has 2 aromatic carbocycles. The fourth-order valence-electron chi connectivity index (χ4n) is 4.96. The smallest absolute Gasteiger partial charge is 0.484 e. The van der Waals surface area contributed by atoms with Crippen molar-refractivity contribution in [3.63, 3.8) is 0 Å². The maximum absolute atomic E-state index is 12.7. The molecule has 1 N–H and O–H groups in total. The molecule has 0 atom stereocenters. The van der Waals surface area contributed by atoms with Crippen molar-refractivity contribution in [3.8, 4) is 11.5 Å². The molecule has 0 unspecified atom stereocenters. The van der Waals surface area contributed by atoms with Gasteiger partial charge in [0.1, 0.15) is 11.5 Å². The second-order valence-corrected chi connectivity index (χ2v) is 10.1. The van der Waals surface area contributed by atoms with Crippen LogP contribution in [0.2, 0.25) is 0 Å². The van der Waals surface area contributed by atoms with Gasteiger partial charge in [-0.25, -0.2) is 0 Å². The lowest BCUT2D eigenvalue weighted by atomic mass is 9.78. The van der Waals surface area contributed by atoms with Gasteiger partial charge in [0.15, 0.2) is 11.7 Å². The van der Waals surface area contributed by atoms with E-state index in [1.165, 1.54) is 23.3 Å². The van der Waals surface area contributed by atoms with E-state index in [0.717, 1.165) is 55.3 Å². The van der Waals surface area contributed by atoms with E-state index in [1.54, 1.807) is 0 Å². The number of alkyl halides is 3. The highest BCUT2D eigenvalue weighted by atomic mass is 32.1. The fourth-order valence-corrected chi connectivity index (χ4v) is 5.26. The van der Waals surface area contributed by atoms with Crippen LogP contribution in [0.3, 0.4) is 0 Å². The number of ether oxygens (including phenoxy) is 2. The lowest BCUT2D eigenvalue weighted by Gasteiger charge is -2.40. The minimum atomic E-state index is -4.75. The van der Waals surface area contributed by atoms with Crippen molar-refractivity contribution in [2.75, 3.05) is 38.1 Å². The number of anilines is 1. The van der Waals surface area contributed by atoms with Gasteiger partial charge >= 0.3 is 6.36 Å². The Labute approximate surface area is 214 Å². The van der Waals surface area contributed by atoms with Crippen LogP contribution >= 0.6 is 12.2 Å². The summed E-state index contributed by atoms with van der Waals surface area (Å²) >= 11 is 5.66. The Morgan fingerprint density at radius 3 is 2.11 bits per heavy atom. The molecule has 0 bridgehead atoms. The number of benzene rings is 2. The molecule has 0 radical (unpaired) electrons. The quantitative estimate of drug-likeness (QED) is 0.540. The van der Waals surface area contributed by atoms with Gasteiger partial charge in [0, 0.05) is 31.9 Å². The number of rotatable bonds is 5. The maximum Gasteiger partial charge on any atom is 0.573 e. The van der Waals surface area contributed by atoms with Crippen LogP contribution in [-0.4, -0.2) is 60.0 Å². The van der Waals surface area contributed by atoms with E-state index in [9.17, 15) is 18.0 Å². The van der Waals surface area contributed by atoms with Crippen LogP contribution < -0.4 is 14.8 Å². The first-order valence-corrected chi connectivity index (χ1v) is 12.3. The molecule has 2 heterocycles. The third kappa shape index (κ3) is 6.81. The second-order valence-electron chi connectivity index (χ2n) is 9.67. The topological polar surface area (TPSA) is 54.0 Å². The monoisotopic (exact) mass is 521 g/mol. The second kappa shape index (κ2) is 10.5. The number of likely N-dealkylation sites (tertiary alicyclic amines) is 2. The number of hydrogen-bond acceptors (Lipinski definition) is 4. The van der Waals surface area contributed by atoms with E-state index in [4.69, 9.17) is 17.0 Å². The minimum absolute atomic E-state index is 0.0816. The number of nitrogens with one attached hydrogen (secondary N) is 1. The summed E-state index contributed by atoms with van der Waals surface area (Å²) in [5, 5.41) is 4.08. The first-order chi connectivity index (χ1) is 17.0. The molecule has 194 valence electrons. The standard InChI is InChI=1S/C26H30F3N3O3S/c1-18-13-19(2)15-20(14-18)30-24(36)31-10-7-25(8-11-31)9-12-32(17-25)23(33)16-34-21-3-5-22(6-4-21)35-26(27,28)29/h3-6,13-15H,7-12,16-17H2,1-2H3,(H,30,36). The Hall–Kier alpha value is -3.01. The number of aryl methyl sites for hydroxylation is 2. The molecule has 0 aromatic heterocycles.